The maximum Gasteiger partial charge on any atom is 0.164 e. The highest BCUT2D eigenvalue weighted by Crippen LogP contribution is 2.30. The number of aldehydes is 1. The minimum absolute atomic E-state index is 0.322. The molecule has 1 fully saturated rings. The van der Waals surface area contributed by atoms with Gasteiger partial charge >= 0.3 is 0 Å². The van der Waals surface area contributed by atoms with Crippen LogP contribution in [0.25, 0.3) is 11.0 Å². The summed E-state index contributed by atoms with van der Waals surface area (Å²) in [6.45, 7) is 2.89. The Morgan fingerprint density at radius 1 is 1.18 bits per heavy atom. The Balaban J connectivity index is 1.52. The molecule has 3 aromatic rings. The molecular formula is C18H18Cl2N6O2. The topological polar surface area (TPSA) is 76.4 Å². The van der Waals surface area contributed by atoms with Crippen molar-refractivity contribution in [2.75, 3.05) is 38.2 Å². The van der Waals surface area contributed by atoms with Crippen LogP contribution in [0.5, 0.6) is 5.75 Å². The highest BCUT2D eigenvalue weighted by atomic mass is 35.5. The van der Waals surface area contributed by atoms with Gasteiger partial charge in [-0.05, 0) is 12.1 Å². The van der Waals surface area contributed by atoms with Gasteiger partial charge in [-0.3, -0.25) is 9.69 Å². The maximum atomic E-state index is 11.9. The van der Waals surface area contributed by atoms with Crippen molar-refractivity contribution in [2.24, 2.45) is 0 Å². The van der Waals surface area contributed by atoms with Crippen molar-refractivity contribution >= 4 is 46.2 Å². The molecule has 1 aliphatic heterocycles. The molecule has 10 heteroatoms. The molecule has 0 amide bonds. The highest BCUT2D eigenvalue weighted by Gasteiger charge is 2.27. The van der Waals surface area contributed by atoms with Crippen molar-refractivity contribution in [3.63, 3.8) is 0 Å². The fraction of sp³-hybridized carbons (Fsp3) is 0.333. The van der Waals surface area contributed by atoms with E-state index in [4.69, 9.17) is 27.9 Å². The average Bonchev–Trinajstić information content (AvgIpc) is 3.15. The van der Waals surface area contributed by atoms with Crippen LogP contribution in [0.4, 0.5) is 5.69 Å². The molecule has 146 valence electrons. The van der Waals surface area contributed by atoms with E-state index >= 15 is 0 Å². The van der Waals surface area contributed by atoms with E-state index in [0.29, 0.717) is 40.0 Å². The van der Waals surface area contributed by atoms with E-state index in [-0.39, 0.29) is 0 Å². The smallest absolute Gasteiger partial charge is 0.164 e. The van der Waals surface area contributed by atoms with E-state index < -0.39 is 6.17 Å². The first kappa shape index (κ1) is 18.9. The lowest BCUT2D eigenvalue weighted by atomic mass is 10.2. The van der Waals surface area contributed by atoms with Crippen LogP contribution in [-0.4, -0.2) is 64.2 Å². The number of aromatic nitrogens is 4. The van der Waals surface area contributed by atoms with Crippen LogP contribution >= 0.6 is 23.2 Å². The van der Waals surface area contributed by atoms with Crippen molar-refractivity contribution in [1.82, 2.24) is 24.6 Å². The normalized spacial score (nSPS) is 16.3. The third-order valence-corrected chi connectivity index (χ3v) is 5.52. The molecule has 0 spiro atoms. The summed E-state index contributed by atoms with van der Waals surface area (Å²) in [4.78, 5) is 24.4. The number of carbonyl (C=O) groups excluding carboxylic acids is 1. The Morgan fingerprint density at radius 3 is 2.68 bits per heavy atom. The predicted octanol–water partition coefficient (Wildman–Crippen LogP) is 2.66. The van der Waals surface area contributed by atoms with E-state index in [0.717, 1.165) is 25.1 Å². The lowest BCUT2D eigenvalue weighted by Gasteiger charge is -2.38. The minimum Gasteiger partial charge on any atom is -0.495 e. The van der Waals surface area contributed by atoms with Gasteiger partial charge in [0.2, 0.25) is 0 Å². The van der Waals surface area contributed by atoms with Crippen molar-refractivity contribution in [1.29, 1.82) is 0 Å². The number of hydrogen-bond acceptors (Lipinski definition) is 7. The fourth-order valence-corrected chi connectivity index (χ4v) is 3.79. The molecule has 1 atom stereocenters. The van der Waals surface area contributed by atoms with Crippen LogP contribution in [0.2, 0.25) is 10.2 Å². The van der Waals surface area contributed by atoms with Gasteiger partial charge in [-0.1, -0.05) is 23.2 Å². The average molecular weight is 421 g/mol. The second-order valence-electron chi connectivity index (χ2n) is 6.38. The first-order chi connectivity index (χ1) is 13.6. The third kappa shape index (κ3) is 3.39. The zero-order valence-electron chi connectivity index (χ0n) is 15.1. The zero-order valence-corrected chi connectivity index (χ0v) is 16.6. The van der Waals surface area contributed by atoms with Gasteiger partial charge in [0.05, 0.1) is 23.7 Å². The largest absolute Gasteiger partial charge is 0.495 e. The SMILES string of the molecule is COc1cc(N2CCN(C(C=O)n3ncc4c(Cl)ncnc43)CC2)ccc1Cl. The number of benzene rings is 1. The summed E-state index contributed by atoms with van der Waals surface area (Å²) in [5.41, 5.74) is 1.58. The van der Waals surface area contributed by atoms with Gasteiger partial charge < -0.3 is 9.64 Å². The van der Waals surface area contributed by atoms with Crippen molar-refractivity contribution < 1.29 is 9.53 Å². The summed E-state index contributed by atoms with van der Waals surface area (Å²) in [6.07, 6.45) is 3.29. The van der Waals surface area contributed by atoms with Gasteiger partial charge in [0, 0.05) is 37.9 Å². The Labute approximate surface area is 171 Å². The van der Waals surface area contributed by atoms with Gasteiger partial charge in [0.25, 0.3) is 0 Å². The summed E-state index contributed by atoms with van der Waals surface area (Å²) in [7, 11) is 1.60. The predicted molar refractivity (Wildman–Crippen MR) is 107 cm³/mol. The van der Waals surface area contributed by atoms with E-state index in [1.165, 1.54) is 6.33 Å². The van der Waals surface area contributed by atoms with Crippen molar-refractivity contribution in [3.05, 3.63) is 40.9 Å². The van der Waals surface area contributed by atoms with Gasteiger partial charge in [-0.2, -0.15) is 5.10 Å². The van der Waals surface area contributed by atoms with Gasteiger partial charge in [0.15, 0.2) is 18.1 Å². The maximum absolute atomic E-state index is 11.9. The van der Waals surface area contributed by atoms with Crippen LogP contribution in [0.3, 0.4) is 0 Å². The lowest BCUT2D eigenvalue weighted by molar-refractivity contribution is -0.115. The summed E-state index contributed by atoms with van der Waals surface area (Å²) >= 11 is 12.2. The van der Waals surface area contributed by atoms with Gasteiger partial charge in [-0.15, -0.1) is 0 Å². The molecule has 4 rings (SSSR count). The molecule has 0 aliphatic carbocycles. The minimum atomic E-state index is -0.551. The standard InChI is InChI=1S/C18H18Cl2N6O2/c1-28-15-8-12(2-3-14(15)19)24-4-6-25(7-5-24)16(10-27)26-18-13(9-23-26)17(20)21-11-22-18/h2-3,8-11,16H,4-7H2,1H3. The van der Waals surface area contributed by atoms with E-state index in [1.807, 2.05) is 18.2 Å². The number of fused-ring (bicyclic) bond motifs is 1. The molecule has 1 aliphatic rings. The lowest BCUT2D eigenvalue weighted by Crippen LogP contribution is -2.49. The number of ether oxygens (including phenoxy) is 1. The van der Waals surface area contributed by atoms with Crippen LogP contribution in [0, 0.1) is 0 Å². The first-order valence-electron chi connectivity index (χ1n) is 8.74. The Bertz CT molecular complexity index is 1000. The van der Waals surface area contributed by atoms with E-state index in [2.05, 4.69) is 24.9 Å². The number of nitrogens with zero attached hydrogens (tertiary/aromatic N) is 6. The molecule has 8 nitrogen and oxygen atoms in total. The molecule has 3 heterocycles. The molecule has 2 aromatic heterocycles. The molecule has 28 heavy (non-hydrogen) atoms. The summed E-state index contributed by atoms with van der Waals surface area (Å²) in [5, 5.41) is 5.85. The van der Waals surface area contributed by atoms with Crippen molar-refractivity contribution in [3.8, 4) is 5.75 Å². The zero-order chi connectivity index (χ0) is 19.7. The first-order valence-corrected chi connectivity index (χ1v) is 9.49. The Morgan fingerprint density at radius 2 is 1.96 bits per heavy atom. The number of piperazine rings is 1. The molecule has 0 saturated carbocycles. The molecular weight excluding hydrogens is 403 g/mol. The second-order valence-corrected chi connectivity index (χ2v) is 7.15. The summed E-state index contributed by atoms with van der Waals surface area (Å²) < 4.78 is 6.90. The number of anilines is 1. The number of halogens is 2. The number of methoxy groups -OCH3 is 1. The van der Waals surface area contributed by atoms with Crippen molar-refractivity contribution in [2.45, 2.75) is 6.17 Å². The highest BCUT2D eigenvalue weighted by molar-refractivity contribution is 6.33. The fourth-order valence-electron chi connectivity index (χ4n) is 3.42. The second kappa shape index (κ2) is 7.90. The number of hydrogen-bond donors (Lipinski definition) is 0. The van der Waals surface area contributed by atoms with Gasteiger partial charge in [-0.25, -0.2) is 14.6 Å². The number of carbonyl (C=O) groups is 1. The van der Waals surface area contributed by atoms with Gasteiger partial charge in [0.1, 0.15) is 17.2 Å². The third-order valence-electron chi connectivity index (χ3n) is 4.90. The van der Waals surface area contributed by atoms with Crippen LogP contribution in [0.1, 0.15) is 6.17 Å². The summed E-state index contributed by atoms with van der Waals surface area (Å²) in [6, 6.07) is 5.72. The monoisotopic (exact) mass is 420 g/mol. The van der Waals surface area contributed by atoms with E-state index in [9.17, 15) is 4.79 Å². The molecule has 1 unspecified atom stereocenters. The number of rotatable bonds is 5. The van der Waals surface area contributed by atoms with E-state index in [1.54, 1.807) is 18.0 Å². The summed E-state index contributed by atoms with van der Waals surface area (Å²) in [5.74, 6) is 0.645. The molecule has 0 bridgehead atoms. The molecule has 0 N–H and O–H groups in total. The molecule has 0 radical (unpaired) electrons. The molecule has 1 saturated heterocycles. The molecule has 1 aromatic carbocycles. The Kier molecular flexibility index (Phi) is 5.34. The van der Waals surface area contributed by atoms with Crippen LogP contribution < -0.4 is 9.64 Å². The van der Waals surface area contributed by atoms with Crippen LogP contribution in [-0.2, 0) is 4.79 Å². The quantitative estimate of drug-likeness (QED) is 0.463. The Hall–Kier alpha value is -2.42. The van der Waals surface area contributed by atoms with Crippen LogP contribution in [0.15, 0.2) is 30.7 Å².